The van der Waals surface area contributed by atoms with Crippen molar-refractivity contribution < 1.29 is 28.4 Å². The summed E-state index contributed by atoms with van der Waals surface area (Å²) in [6.07, 6.45) is 33.8. The summed E-state index contributed by atoms with van der Waals surface area (Å²) >= 11 is 0. The van der Waals surface area contributed by atoms with Gasteiger partial charge in [-0.1, -0.05) is 174 Å². The number of carbonyl (C=O) groups is 1. The van der Waals surface area contributed by atoms with Crippen molar-refractivity contribution in [1.82, 2.24) is 10.2 Å². The molecule has 0 radical (unpaired) electrons. The van der Waals surface area contributed by atoms with E-state index >= 15 is 0 Å². The minimum absolute atomic E-state index is 0.0113. The molecular weight excluding hydrogens is 623 g/mol. The Labute approximate surface area is 297 Å². The molecule has 48 heavy (non-hydrogen) atoms. The van der Waals surface area contributed by atoms with Crippen LogP contribution in [0.25, 0.3) is 0 Å². The predicted molar refractivity (Wildman–Crippen MR) is 201 cm³/mol. The van der Waals surface area contributed by atoms with Crippen LogP contribution < -0.4 is 10.2 Å². The van der Waals surface area contributed by atoms with E-state index in [0.29, 0.717) is 13.0 Å². The second kappa shape index (κ2) is 34.7. The van der Waals surface area contributed by atoms with Crippen LogP contribution in [0.15, 0.2) is 12.2 Å². The number of nitrogens with zero attached hydrogens (tertiary/aromatic N) is 1. The lowest BCUT2D eigenvalue weighted by Gasteiger charge is -2.28. The van der Waals surface area contributed by atoms with Gasteiger partial charge in [-0.3, -0.25) is 9.36 Å². The predicted octanol–water partition coefficient (Wildman–Crippen LogP) is 10.0. The van der Waals surface area contributed by atoms with Crippen LogP contribution in [0, 0.1) is 0 Å². The molecule has 3 atom stereocenters. The van der Waals surface area contributed by atoms with E-state index in [2.05, 4.69) is 19.2 Å². The van der Waals surface area contributed by atoms with Gasteiger partial charge in [-0.2, -0.15) is 0 Å². The molecule has 0 saturated carbocycles. The van der Waals surface area contributed by atoms with E-state index in [1.54, 1.807) is 6.08 Å². The minimum Gasteiger partial charge on any atom is -0.756 e. The third-order valence-electron chi connectivity index (χ3n) is 9.25. The van der Waals surface area contributed by atoms with Gasteiger partial charge in [0.25, 0.3) is 7.82 Å². The SMILES string of the molecule is CCCCCCCCCCCCC/C=C/[C@@H](O)[C@H](COP(=O)([O-])OCCN(C)CC)NC(=O)CCCCCCCCCCCCCCC. The summed E-state index contributed by atoms with van der Waals surface area (Å²) in [5, 5.41) is 13.7. The molecule has 0 aromatic carbocycles. The Bertz CT molecular complexity index is 784. The lowest BCUT2D eigenvalue weighted by atomic mass is 10.0. The summed E-state index contributed by atoms with van der Waals surface area (Å²) in [6, 6.07) is -0.878. The molecule has 2 N–H and O–H groups in total. The number of hydrogen-bond donors (Lipinski definition) is 2. The maximum Gasteiger partial charge on any atom is 0.267 e. The quantitative estimate of drug-likeness (QED) is 0.0377. The van der Waals surface area contributed by atoms with E-state index in [-0.39, 0.29) is 19.1 Å². The topological polar surface area (TPSA) is 111 Å². The van der Waals surface area contributed by atoms with Crippen molar-refractivity contribution in [2.24, 2.45) is 0 Å². The summed E-state index contributed by atoms with van der Waals surface area (Å²) in [7, 11) is -2.69. The van der Waals surface area contributed by atoms with Crippen molar-refractivity contribution >= 4 is 13.7 Å². The third-order valence-corrected chi connectivity index (χ3v) is 10.2. The van der Waals surface area contributed by atoms with Gasteiger partial charge in [0.15, 0.2) is 0 Å². The summed E-state index contributed by atoms with van der Waals surface area (Å²) in [5.74, 6) is -0.198. The maximum atomic E-state index is 12.8. The number of carbonyl (C=O) groups excluding carboxylic acids is 1. The number of allylic oxidation sites excluding steroid dienone is 1. The van der Waals surface area contributed by atoms with Crippen LogP contribution in [0.3, 0.4) is 0 Å². The van der Waals surface area contributed by atoms with Crippen LogP contribution in [0.4, 0.5) is 0 Å². The molecule has 0 rings (SSSR count). The fourth-order valence-corrected chi connectivity index (χ4v) is 6.50. The highest BCUT2D eigenvalue weighted by atomic mass is 31.2. The number of amides is 1. The Morgan fingerprint density at radius 2 is 1.17 bits per heavy atom. The van der Waals surface area contributed by atoms with Gasteiger partial charge < -0.3 is 29.3 Å². The van der Waals surface area contributed by atoms with E-state index in [1.165, 1.54) is 122 Å². The van der Waals surface area contributed by atoms with Crippen LogP contribution in [0.1, 0.15) is 188 Å². The van der Waals surface area contributed by atoms with E-state index < -0.39 is 20.0 Å². The van der Waals surface area contributed by atoms with Crippen molar-refractivity contribution in [2.45, 2.75) is 200 Å². The van der Waals surface area contributed by atoms with Gasteiger partial charge in [-0.05, 0) is 32.9 Å². The zero-order valence-corrected chi connectivity index (χ0v) is 32.8. The number of aliphatic hydroxyl groups excluding tert-OH is 1. The Hall–Kier alpha value is -0.760. The van der Waals surface area contributed by atoms with E-state index in [1.807, 2.05) is 24.9 Å². The highest BCUT2D eigenvalue weighted by Crippen LogP contribution is 2.38. The first-order chi connectivity index (χ1) is 23.3. The Morgan fingerprint density at radius 1 is 0.729 bits per heavy atom. The van der Waals surface area contributed by atoms with Crippen LogP contribution >= 0.6 is 7.82 Å². The maximum absolute atomic E-state index is 12.8. The first-order valence-corrected chi connectivity index (χ1v) is 21.6. The van der Waals surface area contributed by atoms with Crippen molar-refractivity contribution in [3.8, 4) is 0 Å². The molecule has 0 fully saturated rings. The number of phosphoric ester groups is 1. The summed E-state index contributed by atoms with van der Waals surface area (Å²) < 4.78 is 22.5. The molecule has 1 unspecified atom stereocenters. The van der Waals surface area contributed by atoms with Crippen LogP contribution in [0.5, 0.6) is 0 Å². The normalized spacial score (nSPS) is 14.5. The monoisotopic (exact) mass is 702 g/mol. The fourth-order valence-electron chi connectivity index (χ4n) is 5.78. The summed E-state index contributed by atoms with van der Waals surface area (Å²) in [6.45, 7) is 7.32. The highest BCUT2D eigenvalue weighted by molar-refractivity contribution is 7.45. The van der Waals surface area contributed by atoms with Crippen molar-refractivity contribution in [3.05, 3.63) is 12.2 Å². The molecule has 1 amide bonds. The molecule has 8 nitrogen and oxygen atoms in total. The second-order valence-corrected chi connectivity index (χ2v) is 15.3. The zero-order chi connectivity index (χ0) is 35.6. The van der Waals surface area contributed by atoms with Crippen molar-refractivity contribution in [2.75, 3.05) is 33.4 Å². The number of rotatable bonds is 37. The van der Waals surface area contributed by atoms with Crippen molar-refractivity contribution in [3.63, 3.8) is 0 Å². The van der Waals surface area contributed by atoms with Gasteiger partial charge in [-0.15, -0.1) is 0 Å². The van der Waals surface area contributed by atoms with Gasteiger partial charge in [-0.25, -0.2) is 0 Å². The first kappa shape index (κ1) is 47.2. The van der Waals surface area contributed by atoms with E-state index in [9.17, 15) is 19.4 Å². The van der Waals surface area contributed by atoms with Gasteiger partial charge in [0.2, 0.25) is 5.91 Å². The molecule has 0 aliphatic carbocycles. The Kier molecular flexibility index (Phi) is 34.1. The average Bonchev–Trinajstić information content (AvgIpc) is 3.06. The fraction of sp³-hybridized carbons (Fsp3) is 0.923. The lowest BCUT2D eigenvalue weighted by Crippen LogP contribution is -2.45. The average molecular weight is 702 g/mol. The van der Waals surface area contributed by atoms with Crippen molar-refractivity contribution in [1.29, 1.82) is 0 Å². The largest absolute Gasteiger partial charge is 0.756 e. The molecule has 0 heterocycles. The number of aliphatic hydroxyl groups is 1. The van der Waals surface area contributed by atoms with Gasteiger partial charge in [0, 0.05) is 13.0 Å². The number of phosphoric acid groups is 1. The lowest BCUT2D eigenvalue weighted by molar-refractivity contribution is -0.226. The van der Waals surface area contributed by atoms with Gasteiger partial charge >= 0.3 is 0 Å². The van der Waals surface area contributed by atoms with E-state index in [0.717, 1.165) is 45.1 Å². The zero-order valence-electron chi connectivity index (χ0n) is 31.9. The second-order valence-electron chi connectivity index (χ2n) is 13.9. The van der Waals surface area contributed by atoms with Crippen LogP contribution in [-0.2, 0) is 18.4 Å². The number of nitrogens with one attached hydrogen (secondary N) is 1. The number of hydrogen-bond acceptors (Lipinski definition) is 7. The molecule has 0 saturated heterocycles. The third kappa shape index (κ3) is 32.4. The Morgan fingerprint density at radius 3 is 1.62 bits per heavy atom. The molecule has 0 aromatic heterocycles. The molecule has 0 aliphatic rings. The van der Waals surface area contributed by atoms with Crippen LogP contribution in [0.2, 0.25) is 0 Å². The standard InChI is InChI=1S/C39H79N2O6P/c1-5-8-10-12-14-16-18-20-22-24-26-28-30-32-38(42)37(36-47-48(44,45)46-35-34-41(4)7-3)40-39(43)33-31-29-27-25-23-21-19-17-15-13-11-9-6-2/h30,32,37-38,42H,5-29,31,33-36H2,1-4H3,(H,40,43)(H,44,45)/p-1/b32-30+/t37-,38+/m0/s1. The van der Waals surface area contributed by atoms with Gasteiger partial charge in [0.05, 0.1) is 25.4 Å². The smallest absolute Gasteiger partial charge is 0.267 e. The molecule has 0 aromatic rings. The summed E-state index contributed by atoms with van der Waals surface area (Å²) in [5.41, 5.74) is 0. The molecule has 286 valence electrons. The molecule has 0 spiro atoms. The number of likely N-dealkylation sites (N-methyl/N-ethyl adjacent to an activating group) is 1. The highest BCUT2D eigenvalue weighted by Gasteiger charge is 2.22. The van der Waals surface area contributed by atoms with Gasteiger partial charge in [0.1, 0.15) is 0 Å². The van der Waals surface area contributed by atoms with Crippen LogP contribution in [-0.4, -0.2) is 61.4 Å². The molecule has 9 heteroatoms. The molecule has 0 bridgehead atoms. The Balaban J connectivity index is 4.48. The van der Waals surface area contributed by atoms with E-state index in [4.69, 9.17) is 9.05 Å². The minimum atomic E-state index is -4.57. The summed E-state index contributed by atoms with van der Waals surface area (Å²) in [4.78, 5) is 27.1. The first-order valence-electron chi connectivity index (χ1n) is 20.2. The molecular formula is C39H78N2O6P-. The molecule has 0 aliphatic heterocycles. The number of unbranched alkanes of at least 4 members (excludes halogenated alkanes) is 23.